The number of allylic oxidation sites excluding steroid dienone is 1. The molecule has 0 bridgehead atoms. The third kappa shape index (κ3) is 2.42. The molecule has 1 aromatic rings. The average molecular weight is 191 g/mol. The Kier molecular flexibility index (Phi) is 3.42. The van der Waals surface area contributed by atoms with Crippen LogP contribution in [0.25, 0.3) is 0 Å². The van der Waals surface area contributed by atoms with E-state index in [2.05, 4.69) is 11.6 Å². The van der Waals surface area contributed by atoms with Crippen molar-refractivity contribution >= 4 is 0 Å². The molecule has 0 unspecified atom stereocenters. The predicted molar refractivity (Wildman–Crippen MR) is 57.8 cm³/mol. The van der Waals surface area contributed by atoms with Crippen molar-refractivity contribution in [2.45, 2.75) is 26.4 Å². The zero-order valence-corrected chi connectivity index (χ0v) is 8.77. The highest BCUT2D eigenvalue weighted by molar-refractivity contribution is 5.14. The van der Waals surface area contributed by atoms with Crippen LogP contribution in [0.3, 0.4) is 0 Å². The first-order valence-corrected chi connectivity index (χ1v) is 4.77. The predicted octanol–water partition coefficient (Wildman–Crippen LogP) is 2.72. The fraction of sp³-hybridized carbons (Fsp3) is 0.417. The van der Waals surface area contributed by atoms with Crippen molar-refractivity contribution in [3.63, 3.8) is 0 Å². The summed E-state index contributed by atoms with van der Waals surface area (Å²) in [5, 5.41) is 10.1. The van der Waals surface area contributed by atoms with Crippen LogP contribution in [-0.4, -0.2) is 10.1 Å². The van der Waals surface area contributed by atoms with E-state index in [9.17, 15) is 5.11 Å². The Morgan fingerprint density at radius 2 is 2.36 bits per heavy atom. The molecule has 76 valence electrons. The van der Waals surface area contributed by atoms with Gasteiger partial charge in [0.05, 0.1) is 6.10 Å². The number of aromatic nitrogens is 1. The second-order valence-corrected chi connectivity index (χ2v) is 4.17. The van der Waals surface area contributed by atoms with Gasteiger partial charge in [0.15, 0.2) is 0 Å². The Labute approximate surface area is 85.3 Å². The number of hydrogen-bond donors (Lipinski definition) is 1. The highest BCUT2D eigenvalue weighted by Gasteiger charge is 2.27. The van der Waals surface area contributed by atoms with Gasteiger partial charge in [-0.25, -0.2) is 0 Å². The maximum absolute atomic E-state index is 10.1. The Bertz CT molecular complexity index is 292. The van der Waals surface area contributed by atoms with Crippen molar-refractivity contribution < 1.29 is 5.11 Å². The minimum Gasteiger partial charge on any atom is -0.388 e. The van der Waals surface area contributed by atoms with Crippen LogP contribution < -0.4 is 0 Å². The molecule has 0 spiro atoms. The van der Waals surface area contributed by atoms with Gasteiger partial charge in [-0.05, 0) is 23.5 Å². The molecule has 0 saturated carbocycles. The van der Waals surface area contributed by atoms with E-state index in [4.69, 9.17) is 0 Å². The highest BCUT2D eigenvalue weighted by atomic mass is 16.3. The van der Waals surface area contributed by atoms with Crippen LogP contribution in [0.5, 0.6) is 0 Å². The quantitative estimate of drug-likeness (QED) is 0.742. The summed E-state index contributed by atoms with van der Waals surface area (Å²) in [5.74, 6) is 0. The maximum Gasteiger partial charge on any atom is 0.0858 e. The summed E-state index contributed by atoms with van der Waals surface area (Å²) >= 11 is 0. The molecular weight excluding hydrogens is 174 g/mol. The normalized spacial score (nSPS) is 13.6. The molecule has 2 nitrogen and oxygen atoms in total. The summed E-state index contributed by atoms with van der Waals surface area (Å²) in [6, 6.07) is 3.73. The van der Waals surface area contributed by atoms with Gasteiger partial charge in [-0.15, -0.1) is 6.58 Å². The summed E-state index contributed by atoms with van der Waals surface area (Å²) in [6.07, 6.45) is 5.53. The van der Waals surface area contributed by atoms with Gasteiger partial charge in [0.25, 0.3) is 0 Å². The van der Waals surface area contributed by atoms with Gasteiger partial charge < -0.3 is 5.11 Å². The number of pyridine rings is 1. The summed E-state index contributed by atoms with van der Waals surface area (Å²) in [7, 11) is 0. The lowest BCUT2D eigenvalue weighted by Gasteiger charge is -2.29. The third-order valence-electron chi connectivity index (χ3n) is 2.41. The Hall–Kier alpha value is -1.15. The Morgan fingerprint density at radius 3 is 2.86 bits per heavy atom. The highest BCUT2D eigenvalue weighted by Crippen LogP contribution is 2.35. The standard InChI is InChI=1S/C12H17NO/c1-4-7-12(2,3)11(14)10-6-5-8-13-9-10/h4-6,8-9,11,14H,1,7H2,2-3H3/t11-/m1/s1. The first-order chi connectivity index (χ1) is 6.58. The van der Waals surface area contributed by atoms with E-state index in [-0.39, 0.29) is 5.41 Å². The fourth-order valence-corrected chi connectivity index (χ4v) is 1.47. The second-order valence-electron chi connectivity index (χ2n) is 4.17. The topological polar surface area (TPSA) is 33.1 Å². The molecular formula is C12H17NO. The molecule has 1 rings (SSSR count). The van der Waals surface area contributed by atoms with Crippen LogP contribution in [0, 0.1) is 5.41 Å². The van der Waals surface area contributed by atoms with Gasteiger partial charge in [-0.3, -0.25) is 4.98 Å². The number of aliphatic hydroxyl groups excluding tert-OH is 1. The van der Waals surface area contributed by atoms with Crippen molar-refractivity contribution in [2.75, 3.05) is 0 Å². The lowest BCUT2D eigenvalue weighted by atomic mass is 9.80. The molecule has 0 radical (unpaired) electrons. The molecule has 0 saturated heterocycles. The van der Waals surface area contributed by atoms with Gasteiger partial charge in [0.2, 0.25) is 0 Å². The molecule has 0 aliphatic carbocycles. The Balaban J connectivity index is 2.84. The lowest BCUT2D eigenvalue weighted by Crippen LogP contribution is -2.21. The summed E-state index contributed by atoms with van der Waals surface area (Å²) in [5.41, 5.74) is 0.671. The van der Waals surface area contributed by atoms with Crippen LogP contribution in [-0.2, 0) is 0 Å². The van der Waals surface area contributed by atoms with Crippen LogP contribution in [0.1, 0.15) is 31.9 Å². The summed E-state index contributed by atoms with van der Waals surface area (Å²) in [6.45, 7) is 7.74. The molecule has 0 aliphatic rings. The van der Waals surface area contributed by atoms with E-state index in [0.29, 0.717) is 0 Å². The minimum absolute atomic E-state index is 0.190. The van der Waals surface area contributed by atoms with Crippen molar-refractivity contribution in [1.29, 1.82) is 0 Å². The number of nitrogens with zero attached hydrogens (tertiary/aromatic N) is 1. The van der Waals surface area contributed by atoms with Gasteiger partial charge in [-0.1, -0.05) is 26.0 Å². The zero-order valence-electron chi connectivity index (χ0n) is 8.77. The minimum atomic E-state index is -0.491. The number of hydrogen-bond acceptors (Lipinski definition) is 2. The molecule has 0 aromatic carbocycles. The molecule has 2 heteroatoms. The first kappa shape index (κ1) is 10.9. The second kappa shape index (κ2) is 4.38. The third-order valence-corrected chi connectivity index (χ3v) is 2.41. The molecule has 14 heavy (non-hydrogen) atoms. The van der Waals surface area contributed by atoms with Crippen molar-refractivity contribution in [1.82, 2.24) is 4.98 Å². The van der Waals surface area contributed by atoms with Crippen molar-refractivity contribution in [3.05, 3.63) is 42.7 Å². The van der Waals surface area contributed by atoms with E-state index in [0.717, 1.165) is 12.0 Å². The molecule has 1 aromatic heterocycles. The lowest BCUT2D eigenvalue weighted by molar-refractivity contribution is 0.0511. The van der Waals surface area contributed by atoms with Crippen LogP contribution in [0.4, 0.5) is 0 Å². The maximum atomic E-state index is 10.1. The number of rotatable bonds is 4. The largest absolute Gasteiger partial charge is 0.388 e. The Morgan fingerprint density at radius 1 is 1.64 bits per heavy atom. The fourth-order valence-electron chi connectivity index (χ4n) is 1.47. The zero-order chi connectivity index (χ0) is 10.6. The molecule has 0 amide bonds. The first-order valence-electron chi connectivity index (χ1n) is 4.77. The van der Waals surface area contributed by atoms with Crippen molar-refractivity contribution in [2.24, 2.45) is 5.41 Å². The molecule has 0 aliphatic heterocycles. The molecule has 1 N–H and O–H groups in total. The van der Waals surface area contributed by atoms with E-state index >= 15 is 0 Å². The molecule has 0 fully saturated rings. The van der Waals surface area contributed by atoms with Crippen LogP contribution in [0.2, 0.25) is 0 Å². The summed E-state index contributed by atoms with van der Waals surface area (Å²) in [4.78, 5) is 3.99. The van der Waals surface area contributed by atoms with E-state index in [1.165, 1.54) is 0 Å². The monoisotopic (exact) mass is 191 g/mol. The number of aliphatic hydroxyl groups is 1. The average Bonchev–Trinajstić information content (AvgIpc) is 2.18. The molecule has 1 atom stereocenters. The van der Waals surface area contributed by atoms with Gasteiger partial charge >= 0.3 is 0 Å². The van der Waals surface area contributed by atoms with E-state index in [1.807, 2.05) is 32.1 Å². The van der Waals surface area contributed by atoms with Crippen LogP contribution >= 0.6 is 0 Å². The van der Waals surface area contributed by atoms with Crippen LogP contribution in [0.15, 0.2) is 37.2 Å². The van der Waals surface area contributed by atoms with Gasteiger partial charge in [0, 0.05) is 12.4 Å². The van der Waals surface area contributed by atoms with Crippen molar-refractivity contribution in [3.8, 4) is 0 Å². The SMILES string of the molecule is C=CCC(C)(C)[C@H](O)c1cccnc1. The summed E-state index contributed by atoms with van der Waals surface area (Å²) < 4.78 is 0. The van der Waals surface area contributed by atoms with Gasteiger partial charge in [-0.2, -0.15) is 0 Å². The van der Waals surface area contributed by atoms with E-state index in [1.54, 1.807) is 12.4 Å². The van der Waals surface area contributed by atoms with E-state index < -0.39 is 6.10 Å². The smallest absolute Gasteiger partial charge is 0.0858 e. The van der Waals surface area contributed by atoms with Gasteiger partial charge in [0.1, 0.15) is 0 Å². The molecule has 1 heterocycles.